The number of esters is 3. The van der Waals surface area contributed by atoms with Crippen LogP contribution in [0.5, 0.6) is 0 Å². The highest BCUT2D eigenvalue weighted by Gasteiger charge is 2.19. The average Bonchev–Trinajstić information content (AvgIpc) is 3.44. The molecule has 448 valence electrons. The van der Waals surface area contributed by atoms with Gasteiger partial charge in [0.25, 0.3) is 0 Å². The number of carbonyl (C=O) groups excluding carboxylic acids is 3. The molecule has 0 N–H and O–H groups in total. The molecule has 0 aliphatic carbocycles. The lowest BCUT2D eigenvalue weighted by Gasteiger charge is -2.18. The standard InChI is InChI=1S/C72H124O6/c1-4-7-10-13-16-19-22-25-28-31-34-35-36-37-39-41-44-47-50-53-56-59-62-65-71(74)77-68-69(67-76-70(73)64-61-58-55-52-49-46-43-40-33-30-27-24-21-18-15-12-9-6-3)78-72(75)66-63-60-57-54-51-48-45-42-38-32-29-26-23-20-17-14-11-8-5-2/h7,10,16,19,21,24-25,28,30,33-35,37,39,44,47,69H,4-6,8-9,11-15,17-18,20,22-23,26-27,29,31-32,36,38,40-43,45-46,48-68H2,1-3H3/b10-7-,19-16-,24-21-,28-25-,33-30-,35-34-,39-37-,47-44-. The van der Waals surface area contributed by atoms with Gasteiger partial charge in [-0.15, -0.1) is 0 Å². The Kier molecular flexibility index (Phi) is 62.7. The Hall–Kier alpha value is -3.67. The van der Waals surface area contributed by atoms with Crippen LogP contribution in [0.2, 0.25) is 0 Å². The van der Waals surface area contributed by atoms with Gasteiger partial charge < -0.3 is 14.2 Å². The first-order chi connectivity index (χ1) is 38.5. The minimum absolute atomic E-state index is 0.0879. The van der Waals surface area contributed by atoms with Crippen LogP contribution in [-0.4, -0.2) is 37.2 Å². The smallest absolute Gasteiger partial charge is 0.306 e. The summed E-state index contributed by atoms with van der Waals surface area (Å²) >= 11 is 0. The van der Waals surface area contributed by atoms with E-state index in [9.17, 15) is 14.4 Å². The molecule has 6 heteroatoms. The summed E-state index contributed by atoms with van der Waals surface area (Å²) in [5.74, 6) is -0.906. The summed E-state index contributed by atoms with van der Waals surface area (Å²) in [6.45, 7) is 6.52. The van der Waals surface area contributed by atoms with Gasteiger partial charge in [-0.1, -0.05) is 298 Å². The van der Waals surface area contributed by atoms with Crippen molar-refractivity contribution < 1.29 is 28.6 Å². The summed E-state index contributed by atoms with van der Waals surface area (Å²) in [5.41, 5.74) is 0. The average molecular weight is 1090 g/mol. The van der Waals surface area contributed by atoms with E-state index < -0.39 is 6.10 Å². The van der Waals surface area contributed by atoms with E-state index in [1.165, 1.54) is 161 Å². The molecule has 0 aliphatic rings. The zero-order valence-electron chi connectivity index (χ0n) is 51.4. The largest absolute Gasteiger partial charge is 0.462 e. The third-order valence-electron chi connectivity index (χ3n) is 14.3. The first-order valence-electron chi connectivity index (χ1n) is 33.2. The highest BCUT2D eigenvalue weighted by Crippen LogP contribution is 2.17. The lowest BCUT2D eigenvalue weighted by atomic mass is 10.0. The molecule has 0 aromatic rings. The predicted molar refractivity (Wildman–Crippen MR) is 339 cm³/mol. The van der Waals surface area contributed by atoms with Crippen molar-refractivity contribution in [2.24, 2.45) is 0 Å². The Balaban J connectivity index is 4.43. The van der Waals surface area contributed by atoms with Gasteiger partial charge >= 0.3 is 17.9 Å². The van der Waals surface area contributed by atoms with Gasteiger partial charge in [0.2, 0.25) is 0 Å². The molecule has 1 atom stereocenters. The number of allylic oxidation sites excluding steroid dienone is 16. The second-order valence-corrected chi connectivity index (χ2v) is 22.0. The summed E-state index contributed by atoms with van der Waals surface area (Å²) in [7, 11) is 0. The summed E-state index contributed by atoms with van der Waals surface area (Å²) in [6, 6.07) is 0. The predicted octanol–water partition coefficient (Wildman–Crippen LogP) is 22.8. The number of ether oxygens (including phenoxy) is 3. The van der Waals surface area contributed by atoms with Crippen molar-refractivity contribution in [2.75, 3.05) is 13.2 Å². The molecule has 0 heterocycles. The maximum Gasteiger partial charge on any atom is 0.306 e. The molecule has 0 saturated carbocycles. The third kappa shape index (κ3) is 63.2. The highest BCUT2D eigenvalue weighted by molar-refractivity contribution is 5.71. The van der Waals surface area contributed by atoms with Gasteiger partial charge in [0, 0.05) is 19.3 Å². The Morgan fingerprint density at radius 1 is 0.269 bits per heavy atom. The van der Waals surface area contributed by atoms with Crippen molar-refractivity contribution in [2.45, 2.75) is 329 Å². The van der Waals surface area contributed by atoms with Crippen molar-refractivity contribution in [1.82, 2.24) is 0 Å². The van der Waals surface area contributed by atoms with Crippen molar-refractivity contribution in [3.05, 3.63) is 97.2 Å². The van der Waals surface area contributed by atoms with Crippen LogP contribution in [-0.2, 0) is 28.6 Å². The van der Waals surface area contributed by atoms with Crippen LogP contribution in [0.3, 0.4) is 0 Å². The molecule has 1 unspecified atom stereocenters. The fraction of sp³-hybridized carbons (Fsp3) is 0.736. The Labute approximate surface area is 483 Å². The zero-order chi connectivity index (χ0) is 56.4. The summed E-state index contributed by atoms with van der Waals surface area (Å²) < 4.78 is 16.9. The first kappa shape index (κ1) is 74.3. The number of rotatable bonds is 60. The van der Waals surface area contributed by atoms with E-state index in [1.54, 1.807) is 0 Å². The van der Waals surface area contributed by atoms with Crippen molar-refractivity contribution >= 4 is 17.9 Å². The van der Waals surface area contributed by atoms with Crippen molar-refractivity contribution in [1.29, 1.82) is 0 Å². The molecule has 78 heavy (non-hydrogen) atoms. The van der Waals surface area contributed by atoms with E-state index in [0.29, 0.717) is 19.3 Å². The minimum atomic E-state index is -0.793. The van der Waals surface area contributed by atoms with E-state index in [0.717, 1.165) is 122 Å². The number of hydrogen-bond acceptors (Lipinski definition) is 6. The molecule has 6 nitrogen and oxygen atoms in total. The third-order valence-corrected chi connectivity index (χ3v) is 14.3. The molecule has 0 saturated heterocycles. The minimum Gasteiger partial charge on any atom is -0.462 e. The van der Waals surface area contributed by atoms with Gasteiger partial charge in [-0.05, 0) is 103 Å². The molecule has 0 aromatic heterocycles. The zero-order valence-corrected chi connectivity index (χ0v) is 51.4. The number of carbonyl (C=O) groups is 3. The quantitative estimate of drug-likeness (QED) is 0.0261. The van der Waals surface area contributed by atoms with E-state index in [-0.39, 0.29) is 31.1 Å². The fourth-order valence-electron chi connectivity index (χ4n) is 9.36. The molecule has 0 amide bonds. The molecule has 0 radical (unpaired) electrons. The summed E-state index contributed by atoms with van der Waals surface area (Å²) in [5, 5.41) is 0. The molecule has 0 rings (SSSR count). The van der Waals surface area contributed by atoms with Crippen LogP contribution in [0.25, 0.3) is 0 Å². The van der Waals surface area contributed by atoms with Gasteiger partial charge in [0.05, 0.1) is 0 Å². The molecular weight excluding hydrogens is 961 g/mol. The Morgan fingerprint density at radius 3 is 0.795 bits per heavy atom. The fourth-order valence-corrected chi connectivity index (χ4v) is 9.36. The van der Waals surface area contributed by atoms with Gasteiger partial charge in [-0.3, -0.25) is 14.4 Å². The Bertz CT molecular complexity index is 1530. The van der Waals surface area contributed by atoms with Crippen molar-refractivity contribution in [3.63, 3.8) is 0 Å². The van der Waals surface area contributed by atoms with Crippen LogP contribution >= 0.6 is 0 Å². The maximum absolute atomic E-state index is 12.9. The monoisotopic (exact) mass is 1080 g/mol. The van der Waals surface area contributed by atoms with E-state index in [4.69, 9.17) is 14.2 Å². The first-order valence-corrected chi connectivity index (χ1v) is 33.2. The maximum atomic E-state index is 12.9. The SMILES string of the molecule is CC/C=C\C/C=C\C/C=C\C/C=C\C/C=C\C/C=C\CCCCCCC(=O)OCC(COC(=O)CCCCCCCCC/C=C\C/C=C\CCCCCC)OC(=O)CCCCCCCCCCCCCCCCCCCCC. The lowest BCUT2D eigenvalue weighted by molar-refractivity contribution is -0.167. The van der Waals surface area contributed by atoms with Gasteiger partial charge in [-0.25, -0.2) is 0 Å². The van der Waals surface area contributed by atoms with Crippen LogP contribution in [0.15, 0.2) is 97.2 Å². The van der Waals surface area contributed by atoms with Gasteiger partial charge in [0.1, 0.15) is 13.2 Å². The van der Waals surface area contributed by atoms with Crippen LogP contribution in [0.4, 0.5) is 0 Å². The molecule has 0 bridgehead atoms. The topological polar surface area (TPSA) is 78.9 Å². The van der Waals surface area contributed by atoms with Gasteiger partial charge in [-0.2, -0.15) is 0 Å². The summed E-state index contributed by atoms with van der Waals surface area (Å²) in [6.07, 6.45) is 88.4. The lowest BCUT2D eigenvalue weighted by Crippen LogP contribution is -2.30. The molecule has 0 aliphatic heterocycles. The molecule has 0 fully saturated rings. The molecule has 0 aromatic carbocycles. The molecular formula is C72H124O6. The van der Waals surface area contributed by atoms with Crippen LogP contribution < -0.4 is 0 Å². The van der Waals surface area contributed by atoms with Crippen LogP contribution in [0.1, 0.15) is 323 Å². The normalized spacial score (nSPS) is 12.7. The molecule has 0 spiro atoms. The second kappa shape index (κ2) is 65.8. The van der Waals surface area contributed by atoms with E-state index in [1.807, 2.05) is 0 Å². The second-order valence-electron chi connectivity index (χ2n) is 22.0. The summed E-state index contributed by atoms with van der Waals surface area (Å²) in [4.78, 5) is 38.4. The highest BCUT2D eigenvalue weighted by atomic mass is 16.6. The van der Waals surface area contributed by atoms with E-state index in [2.05, 4.69) is 118 Å². The van der Waals surface area contributed by atoms with Gasteiger partial charge in [0.15, 0.2) is 6.10 Å². The number of hydrogen-bond donors (Lipinski definition) is 0. The van der Waals surface area contributed by atoms with Crippen molar-refractivity contribution in [3.8, 4) is 0 Å². The van der Waals surface area contributed by atoms with Crippen LogP contribution in [0, 0.1) is 0 Å². The van der Waals surface area contributed by atoms with E-state index >= 15 is 0 Å². The Morgan fingerprint density at radius 2 is 0.500 bits per heavy atom. The number of unbranched alkanes of at least 4 members (excludes halogenated alkanes) is 33.